The molecule has 4 aromatic carbocycles. The predicted molar refractivity (Wildman–Crippen MR) is 149 cm³/mol. The summed E-state index contributed by atoms with van der Waals surface area (Å²) in [5, 5.41) is 21.8. The van der Waals surface area contributed by atoms with Crippen LogP contribution in [-0.4, -0.2) is 53.6 Å². The molecule has 0 bridgehead atoms. The van der Waals surface area contributed by atoms with Gasteiger partial charge in [-0.1, -0.05) is 66.7 Å². The van der Waals surface area contributed by atoms with Crippen LogP contribution in [-0.2, 0) is 22.7 Å². The summed E-state index contributed by atoms with van der Waals surface area (Å²) < 4.78 is 17.9. The van der Waals surface area contributed by atoms with Crippen LogP contribution in [0.25, 0.3) is 10.8 Å². The van der Waals surface area contributed by atoms with Crippen molar-refractivity contribution in [3.8, 4) is 11.5 Å². The van der Waals surface area contributed by atoms with Crippen LogP contribution < -0.4 is 4.74 Å². The van der Waals surface area contributed by atoms with E-state index < -0.39 is 6.09 Å². The maximum absolute atomic E-state index is 11.7. The Labute approximate surface area is 228 Å². The zero-order valence-electron chi connectivity index (χ0n) is 21.7. The van der Waals surface area contributed by atoms with Crippen molar-refractivity contribution in [2.75, 3.05) is 26.3 Å². The minimum absolute atomic E-state index is 0.0397. The summed E-state index contributed by atoms with van der Waals surface area (Å²) in [5.41, 5.74) is 3.06. The molecule has 1 heterocycles. The number of rotatable bonds is 10. The Balaban J connectivity index is 1.19. The smallest absolute Gasteiger partial charge is 0.407 e. The number of aromatic hydroxyl groups is 1. The molecule has 1 amide bonds. The van der Waals surface area contributed by atoms with Crippen LogP contribution >= 0.6 is 0 Å². The zero-order chi connectivity index (χ0) is 27.0. The molecule has 1 saturated heterocycles. The van der Waals surface area contributed by atoms with Crippen molar-refractivity contribution in [2.45, 2.75) is 31.7 Å². The minimum Gasteiger partial charge on any atom is -0.507 e. The van der Waals surface area contributed by atoms with Gasteiger partial charge in [-0.3, -0.25) is 0 Å². The van der Waals surface area contributed by atoms with E-state index in [0.717, 1.165) is 33.2 Å². The molecule has 0 radical (unpaired) electrons. The number of hydrogen-bond acceptors (Lipinski definition) is 5. The average Bonchev–Trinajstić information content (AvgIpc) is 2.97. The van der Waals surface area contributed by atoms with Gasteiger partial charge in [0.15, 0.2) is 0 Å². The zero-order valence-corrected chi connectivity index (χ0v) is 21.7. The number of nitrogens with zero attached hydrogens (tertiary/aromatic N) is 1. The fourth-order valence-electron chi connectivity index (χ4n) is 5.07. The highest BCUT2D eigenvalue weighted by molar-refractivity contribution is 5.88. The molecule has 1 aliphatic heterocycles. The third-order valence-electron chi connectivity index (χ3n) is 7.11. The lowest BCUT2D eigenvalue weighted by Gasteiger charge is -2.37. The first kappa shape index (κ1) is 26.5. The first-order chi connectivity index (χ1) is 19.1. The van der Waals surface area contributed by atoms with Crippen LogP contribution in [0.15, 0.2) is 91.0 Å². The first-order valence-corrected chi connectivity index (χ1v) is 13.2. The van der Waals surface area contributed by atoms with E-state index in [1.165, 1.54) is 4.90 Å². The van der Waals surface area contributed by atoms with E-state index >= 15 is 0 Å². The number of piperidine rings is 1. The Bertz CT molecular complexity index is 1370. The number of benzene rings is 4. The Morgan fingerprint density at radius 2 is 1.64 bits per heavy atom. The van der Waals surface area contributed by atoms with E-state index in [1.807, 2.05) is 84.9 Å². The molecular formula is C32H33NO6. The average molecular weight is 528 g/mol. The number of hydrogen-bond donors (Lipinski definition) is 2. The molecule has 202 valence electrons. The molecule has 7 nitrogen and oxygen atoms in total. The number of amides is 1. The molecule has 0 saturated carbocycles. The third kappa shape index (κ3) is 6.88. The fraction of sp³-hybridized carbons (Fsp3) is 0.281. The molecule has 2 atom stereocenters. The summed E-state index contributed by atoms with van der Waals surface area (Å²) in [6, 6.07) is 29.3. The van der Waals surface area contributed by atoms with Gasteiger partial charge in [-0.25, -0.2) is 4.79 Å². The van der Waals surface area contributed by atoms with Crippen molar-refractivity contribution < 1.29 is 29.2 Å². The summed E-state index contributed by atoms with van der Waals surface area (Å²) >= 11 is 0. The normalized spacial score (nSPS) is 17.3. The van der Waals surface area contributed by atoms with Gasteiger partial charge < -0.3 is 29.3 Å². The molecule has 2 N–H and O–H groups in total. The lowest BCUT2D eigenvalue weighted by atomic mass is 9.87. The summed E-state index contributed by atoms with van der Waals surface area (Å²) in [4.78, 5) is 13.1. The molecule has 0 spiro atoms. The van der Waals surface area contributed by atoms with Crippen molar-refractivity contribution in [1.82, 2.24) is 4.90 Å². The number of likely N-dealkylation sites (tertiary alicyclic amines) is 1. The van der Waals surface area contributed by atoms with Gasteiger partial charge in [0.05, 0.1) is 32.5 Å². The van der Waals surface area contributed by atoms with Crippen molar-refractivity contribution in [3.63, 3.8) is 0 Å². The monoisotopic (exact) mass is 527 g/mol. The molecular weight excluding hydrogens is 494 g/mol. The summed E-state index contributed by atoms with van der Waals surface area (Å²) in [5.74, 6) is 1.01. The fourth-order valence-corrected chi connectivity index (χ4v) is 5.07. The quantitative estimate of drug-likeness (QED) is 0.239. The lowest BCUT2D eigenvalue weighted by molar-refractivity contribution is -0.0199. The Hall–Kier alpha value is -4.07. The second-order valence-corrected chi connectivity index (χ2v) is 9.76. The van der Waals surface area contributed by atoms with Gasteiger partial charge in [-0.2, -0.15) is 0 Å². The van der Waals surface area contributed by atoms with Crippen molar-refractivity contribution in [1.29, 1.82) is 0 Å². The van der Waals surface area contributed by atoms with E-state index in [-0.39, 0.29) is 30.9 Å². The number of ether oxygens (including phenoxy) is 3. The standard InChI is InChI=1S/C32H33NO6/c34-30-19-24(18-26-8-4-5-9-28(26)30)22-39-31-20-33(32(35)36)15-14-29(31)25-10-12-27(13-11-25)38-17-16-37-21-23-6-2-1-3-7-23/h1-13,18-19,29,31,34H,14-17,20-22H2,(H,35,36). The van der Waals surface area contributed by atoms with Gasteiger partial charge in [0.1, 0.15) is 18.1 Å². The van der Waals surface area contributed by atoms with Gasteiger partial charge in [0.25, 0.3) is 0 Å². The molecule has 39 heavy (non-hydrogen) atoms. The molecule has 0 aromatic heterocycles. The second kappa shape index (κ2) is 12.7. The van der Waals surface area contributed by atoms with Crippen LogP contribution in [0.3, 0.4) is 0 Å². The number of carbonyl (C=O) groups is 1. The summed E-state index contributed by atoms with van der Waals surface area (Å²) in [7, 11) is 0. The molecule has 0 aliphatic carbocycles. The minimum atomic E-state index is -0.941. The topological polar surface area (TPSA) is 88.5 Å². The van der Waals surface area contributed by atoms with Gasteiger partial charge >= 0.3 is 6.09 Å². The van der Waals surface area contributed by atoms with E-state index in [1.54, 1.807) is 6.07 Å². The maximum atomic E-state index is 11.7. The Morgan fingerprint density at radius 3 is 2.44 bits per heavy atom. The molecule has 4 aromatic rings. The number of carboxylic acid groups (broad SMARTS) is 1. The van der Waals surface area contributed by atoms with Crippen molar-refractivity contribution >= 4 is 16.9 Å². The Kier molecular flexibility index (Phi) is 8.61. The van der Waals surface area contributed by atoms with Gasteiger partial charge in [0, 0.05) is 17.8 Å². The van der Waals surface area contributed by atoms with Gasteiger partial charge in [-0.05, 0) is 52.8 Å². The van der Waals surface area contributed by atoms with E-state index in [4.69, 9.17) is 14.2 Å². The first-order valence-electron chi connectivity index (χ1n) is 13.2. The van der Waals surface area contributed by atoms with E-state index in [9.17, 15) is 15.0 Å². The Morgan fingerprint density at radius 1 is 0.872 bits per heavy atom. The van der Waals surface area contributed by atoms with Crippen LogP contribution in [0, 0.1) is 0 Å². The largest absolute Gasteiger partial charge is 0.507 e. The molecule has 5 rings (SSSR count). The molecule has 1 fully saturated rings. The highest BCUT2D eigenvalue weighted by Gasteiger charge is 2.33. The van der Waals surface area contributed by atoms with Crippen LogP contribution in [0.4, 0.5) is 4.79 Å². The van der Waals surface area contributed by atoms with E-state index in [2.05, 4.69) is 0 Å². The highest BCUT2D eigenvalue weighted by Crippen LogP contribution is 2.33. The van der Waals surface area contributed by atoms with Crippen molar-refractivity contribution in [3.05, 3.63) is 108 Å². The molecule has 7 heteroatoms. The molecule has 1 aliphatic rings. The lowest BCUT2D eigenvalue weighted by Crippen LogP contribution is -2.46. The second-order valence-electron chi connectivity index (χ2n) is 9.76. The van der Waals surface area contributed by atoms with Gasteiger partial charge in [-0.15, -0.1) is 0 Å². The highest BCUT2D eigenvalue weighted by atomic mass is 16.5. The number of fused-ring (bicyclic) bond motifs is 1. The number of phenolic OH excluding ortho intramolecular Hbond substituents is 1. The number of phenols is 1. The summed E-state index contributed by atoms with van der Waals surface area (Å²) in [6.45, 7) is 2.51. The SMILES string of the molecule is O=C(O)N1CCC(c2ccc(OCCOCc3ccccc3)cc2)C(OCc2cc(O)c3ccccc3c2)C1. The maximum Gasteiger partial charge on any atom is 0.407 e. The molecule has 2 unspecified atom stereocenters. The summed E-state index contributed by atoms with van der Waals surface area (Å²) in [6.07, 6.45) is -0.599. The van der Waals surface area contributed by atoms with Crippen LogP contribution in [0.5, 0.6) is 11.5 Å². The van der Waals surface area contributed by atoms with Crippen LogP contribution in [0.1, 0.15) is 29.0 Å². The van der Waals surface area contributed by atoms with Crippen molar-refractivity contribution in [2.24, 2.45) is 0 Å². The third-order valence-corrected chi connectivity index (χ3v) is 7.11. The van der Waals surface area contributed by atoms with Crippen LogP contribution in [0.2, 0.25) is 0 Å². The van der Waals surface area contributed by atoms with Gasteiger partial charge in [0.2, 0.25) is 0 Å². The predicted octanol–water partition coefficient (Wildman–Crippen LogP) is 6.19. The van der Waals surface area contributed by atoms with E-state index in [0.29, 0.717) is 32.8 Å².